The molecule has 0 saturated heterocycles. The number of aromatic nitrogens is 1. The van der Waals surface area contributed by atoms with Crippen LogP contribution in [0.2, 0.25) is 0 Å². The first-order valence-electron chi connectivity index (χ1n) is 8.16. The first kappa shape index (κ1) is 16.2. The molecule has 5 heteroatoms. The fourth-order valence-corrected chi connectivity index (χ4v) is 3.01. The van der Waals surface area contributed by atoms with Gasteiger partial charge in [-0.2, -0.15) is 0 Å². The summed E-state index contributed by atoms with van der Waals surface area (Å²) in [5.41, 5.74) is 2.31. The van der Waals surface area contributed by atoms with Crippen molar-refractivity contribution in [2.45, 2.75) is 32.9 Å². The molecule has 0 radical (unpaired) electrons. The van der Waals surface area contributed by atoms with Gasteiger partial charge in [-0.25, -0.2) is 0 Å². The molecule has 0 spiro atoms. The number of benzene rings is 1. The number of rotatable bonds is 5. The number of hydrogen-bond donors (Lipinski definition) is 1. The number of carbonyl (C=O) groups excluding carboxylic acids is 2. The van der Waals surface area contributed by atoms with Crippen molar-refractivity contribution in [1.82, 2.24) is 9.88 Å². The summed E-state index contributed by atoms with van der Waals surface area (Å²) in [4.78, 5) is 31.2. The second-order valence-electron chi connectivity index (χ2n) is 6.47. The SMILES string of the molecule is CC(C)C[C@@H](C(=O)Nc1cccnc1)N1Cc2ccccc2C1=O. The number of nitrogens with zero attached hydrogens (tertiary/aromatic N) is 2. The predicted octanol–water partition coefficient (Wildman–Crippen LogP) is 3.09. The summed E-state index contributed by atoms with van der Waals surface area (Å²) < 4.78 is 0. The van der Waals surface area contributed by atoms with Crippen LogP contribution in [0.4, 0.5) is 5.69 Å². The van der Waals surface area contributed by atoms with Gasteiger partial charge in [0.15, 0.2) is 0 Å². The van der Waals surface area contributed by atoms with Crippen LogP contribution >= 0.6 is 0 Å². The molecular weight excluding hydrogens is 302 g/mol. The van der Waals surface area contributed by atoms with Crippen molar-refractivity contribution < 1.29 is 9.59 Å². The molecule has 1 aromatic carbocycles. The number of anilines is 1. The Balaban J connectivity index is 1.82. The minimum atomic E-state index is -0.495. The Morgan fingerprint density at radius 3 is 2.71 bits per heavy atom. The van der Waals surface area contributed by atoms with Crippen molar-refractivity contribution in [3.8, 4) is 0 Å². The minimum absolute atomic E-state index is 0.0717. The van der Waals surface area contributed by atoms with Crippen LogP contribution in [0.1, 0.15) is 36.2 Å². The van der Waals surface area contributed by atoms with Gasteiger partial charge in [-0.1, -0.05) is 32.0 Å². The summed E-state index contributed by atoms with van der Waals surface area (Å²) in [6.07, 6.45) is 3.87. The zero-order valence-electron chi connectivity index (χ0n) is 13.9. The molecule has 1 atom stereocenters. The van der Waals surface area contributed by atoms with Crippen molar-refractivity contribution in [2.24, 2.45) is 5.92 Å². The molecule has 1 aliphatic heterocycles. The molecule has 24 heavy (non-hydrogen) atoms. The summed E-state index contributed by atoms with van der Waals surface area (Å²) in [6.45, 7) is 4.59. The van der Waals surface area contributed by atoms with Gasteiger partial charge in [0, 0.05) is 18.3 Å². The molecule has 0 aliphatic carbocycles. The second-order valence-corrected chi connectivity index (χ2v) is 6.47. The first-order chi connectivity index (χ1) is 11.6. The average molecular weight is 323 g/mol. The fourth-order valence-electron chi connectivity index (χ4n) is 3.01. The first-order valence-corrected chi connectivity index (χ1v) is 8.16. The highest BCUT2D eigenvalue weighted by Crippen LogP contribution is 2.27. The van der Waals surface area contributed by atoms with Crippen molar-refractivity contribution >= 4 is 17.5 Å². The van der Waals surface area contributed by atoms with Crippen molar-refractivity contribution in [1.29, 1.82) is 0 Å². The summed E-state index contributed by atoms with van der Waals surface area (Å²) in [5.74, 6) is 0.0570. The lowest BCUT2D eigenvalue weighted by molar-refractivity contribution is -0.121. The zero-order valence-corrected chi connectivity index (χ0v) is 13.9. The Morgan fingerprint density at radius 2 is 2.04 bits per heavy atom. The standard InChI is InChI=1S/C19H21N3O2/c1-13(2)10-17(18(23)21-15-7-5-9-20-11-15)22-12-14-6-3-4-8-16(14)19(22)24/h3-9,11,13,17H,10,12H2,1-2H3,(H,21,23)/t17-/m0/s1. The number of hydrogen-bond acceptors (Lipinski definition) is 3. The number of pyridine rings is 1. The van der Waals surface area contributed by atoms with Gasteiger partial charge in [0.1, 0.15) is 6.04 Å². The second kappa shape index (κ2) is 6.83. The lowest BCUT2D eigenvalue weighted by atomic mass is 10.0. The van der Waals surface area contributed by atoms with E-state index in [0.29, 0.717) is 30.1 Å². The number of carbonyl (C=O) groups is 2. The van der Waals surface area contributed by atoms with Crippen LogP contribution in [0.15, 0.2) is 48.8 Å². The largest absolute Gasteiger partial charge is 0.323 e. The normalized spacial score (nSPS) is 14.6. The molecule has 2 heterocycles. The van der Waals surface area contributed by atoms with Crippen molar-refractivity contribution in [2.75, 3.05) is 5.32 Å². The molecule has 2 amide bonds. The number of amides is 2. The Kier molecular flexibility index (Phi) is 4.60. The summed E-state index contributed by atoms with van der Waals surface area (Å²) in [5, 5.41) is 2.88. The molecule has 124 valence electrons. The van der Waals surface area contributed by atoms with Gasteiger partial charge in [-0.15, -0.1) is 0 Å². The van der Waals surface area contributed by atoms with Gasteiger partial charge in [0.2, 0.25) is 5.91 Å². The van der Waals surface area contributed by atoms with Gasteiger partial charge >= 0.3 is 0 Å². The maximum Gasteiger partial charge on any atom is 0.255 e. The lowest BCUT2D eigenvalue weighted by Crippen LogP contribution is -2.45. The van der Waals surface area contributed by atoms with Crippen LogP contribution in [0, 0.1) is 5.92 Å². The van der Waals surface area contributed by atoms with E-state index >= 15 is 0 Å². The molecule has 1 aromatic heterocycles. The highest BCUT2D eigenvalue weighted by atomic mass is 16.2. The number of nitrogens with one attached hydrogen (secondary N) is 1. The van der Waals surface area contributed by atoms with Gasteiger partial charge in [0.05, 0.1) is 11.9 Å². The third kappa shape index (κ3) is 3.30. The van der Waals surface area contributed by atoms with E-state index in [0.717, 1.165) is 5.56 Å². The maximum absolute atomic E-state index is 12.8. The van der Waals surface area contributed by atoms with E-state index in [4.69, 9.17) is 0 Å². The van der Waals surface area contributed by atoms with Crippen LogP contribution in [-0.2, 0) is 11.3 Å². The van der Waals surface area contributed by atoms with E-state index in [-0.39, 0.29) is 11.8 Å². The maximum atomic E-state index is 12.8. The minimum Gasteiger partial charge on any atom is -0.323 e. The molecule has 0 bridgehead atoms. The van der Waals surface area contributed by atoms with Gasteiger partial charge in [-0.3, -0.25) is 14.6 Å². The predicted molar refractivity (Wildman–Crippen MR) is 92.4 cm³/mol. The summed E-state index contributed by atoms with van der Waals surface area (Å²) in [7, 11) is 0. The topological polar surface area (TPSA) is 62.3 Å². The molecule has 2 aromatic rings. The van der Waals surface area contributed by atoms with Crippen molar-refractivity contribution in [3.05, 3.63) is 59.9 Å². The van der Waals surface area contributed by atoms with Crippen LogP contribution in [0.3, 0.4) is 0 Å². The monoisotopic (exact) mass is 323 g/mol. The van der Waals surface area contributed by atoms with E-state index in [1.807, 2.05) is 24.3 Å². The van der Waals surface area contributed by atoms with E-state index in [2.05, 4.69) is 24.1 Å². The Morgan fingerprint density at radius 1 is 1.25 bits per heavy atom. The quantitative estimate of drug-likeness (QED) is 0.920. The third-order valence-electron chi connectivity index (χ3n) is 4.15. The van der Waals surface area contributed by atoms with Crippen LogP contribution in [0.25, 0.3) is 0 Å². The van der Waals surface area contributed by atoms with Gasteiger partial charge in [-0.05, 0) is 36.1 Å². The summed E-state index contributed by atoms with van der Waals surface area (Å²) in [6, 6.07) is 10.6. The molecule has 0 saturated carbocycles. The van der Waals surface area contributed by atoms with E-state index < -0.39 is 6.04 Å². The van der Waals surface area contributed by atoms with Gasteiger partial charge < -0.3 is 10.2 Å². The Labute approximate surface area is 141 Å². The summed E-state index contributed by atoms with van der Waals surface area (Å²) >= 11 is 0. The van der Waals surface area contributed by atoms with E-state index in [1.54, 1.807) is 29.4 Å². The lowest BCUT2D eigenvalue weighted by Gasteiger charge is -2.28. The third-order valence-corrected chi connectivity index (χ3v) is 4.15. The average Bonchev–Trinajstić information content (AvgIpc) is 2.90. The molecular formula is C19H21N3O2. The molecule has 1 aliphatic rings. The van der Waals surface area contributed by atoms with Crippen molar-refractivity contribution in [3.63, 3.8) is 0 Å². The van der Waals surface area contributed by atoms with Gasteiger partial charge in [0.25, 0.3) is 5.91 Å². The van der Waals surface area contributed by atoms with E-state index in [9.17, 15) is 9.59 Å². The Hall–Kier alpha value is -2.69. The number of fused-ring (bicyclic) bond motifs is 1. The molecule has 5 nitrogen and oxygen atoms in total. The highest BCUT2D eigenvalue weighted by Gasteiger charge is 2.36. The van der Waals surface area contributed by atoms with Crippen LogP contribution in [-0.4, -0.2) is 27.7 Å². The van der Waals surface area contributed by atoms with E-state index in [1.165, 1.54) is 0 Å². The molecule has 0 unspecified atom stereocenters. The van der Waals surface area contributed by atoms with Crippen LogP contribution < -0.4 is 5.32 Å². The highest BCUT2D eigenvalue weighted by molar-refractivity contribution is 6.03. The molecule has 0 fully saturated rings. The Bertz CT molecular complexity index is 743. The fraction of sp³-hybridized carbons (Fsp3) is 0.316. The smallest absolute Gasteiger partial charge is 0.255 e. The molecule has 1 N–H and O–H groups in total. The molecule has 3 rings (SSSR count). The zero-order chi connectivity index (χ0) is 17.1. The van der Waals surface area contributed by atoms with Crippen LogP contribution in [0.5, 0.6) is 0 Å².